The van der Waals surface area contributed by atoms with Crippen LogP contribution in [-0.2, 0) is 4.74 Å². The van der Waals surface area contributed by atoms with E-state index in [9.17, 15) is 15.0 Å². The van der Waals surface area contributed by atoms with E-state index in [2.05, 4.69) is 21.8 Å². The van der Waals surface area contributed by atoms with Crippen molar-refractivity contribution in [2.75, 3.05) is 11.6 Å². The van der Waals surface area contributed by atoms with Crippen molar-refractivity contribution in [3.05, 3.63) is 16.7 Å². The molecule has 10 nitrogen and oxygen atoms in total. The average molecular weight is 369 g/mol. The molecule has 134 valence electrons. The number of fused-ring (bicyclic) bond motifs is 1. The number of aliphatic hydroxyl groups is 2. The number of anilines is 1. The second-order valence-electron chi connectivity index (χ2n) is 5.75. The maximum Gasteiger partial charge on any atom is 0.301 e. The van der Waals surface area contributed by atoms with Crippen molar-refractivity contribution >= 4 is 28.7 Å². The van der Waals surface area contributed by atoms with Crippen molar-refractivity contribution < 1.29 is 14.9 Å². The van der Waals surface area contributed by atoms with Gasteiger partial charge in [0.2, 0.25) is 5.95 Å². The summed E-state index contributed by atoms with van der Waals surface area (Å²) in [6.45, 7) is 3.02. The molecule has 2 aromatic heterocycles. The van der Waals surface area contributed by atoms with Crippen LogP contribution in [0.25, 0.3) is 11.2 Å². The van der Waals surface area contributed by atoms with E-state index in [0.717, 1.165) is 0 Å². The molecule has 0 bridgehead atoms. The molecule has 3 rings (SSSR count). The highest BCUT2D eigenvalue weighted by molar-refractivity contribution is 6.27. The van der Waals surface area contributed by atoms with Crippen LogP contribution in [0.15, 0.2) is 11.1 Å². The highest BCUT2D eigenvalue weighted by atomic mass is 35.5. The van der Waals surface area contributed by atoms with Crippen LogP contribution >= 0.6 is 11.6 Å². The van der Waals surface area contributed by atoms with Gasteiger partial charge in [-0.05, 0) is 13.8 Å². The fraction of sp³-hybridized carbons (Fsp3) is 0.500. The molecule has 5 atom stereocenters. The van der Waals surface area contributed by atoms with E-state index in [0.29, 0.717) is 4.68 Å². The molecule has 3 heterocycles. The van der Waals surface area contributed by atoms with Crippen molar-refractivity contribution in [2.24, 2.45) is 0 Å². The fourth-order valence-electron chi connectivity index (χ4n) is 2.85. The minimum Gasteiger partial charge on any atom is -0.391 e. The molecule has 1 aliphatic heterocycles. The molecule has 0 radical (unpaired) electrons. The number of halogens is 1. The minimum absolute atomic E-state index is 0.0428. The van der Waals surface area contributed by atoms with Crippen LogP contribution in [0, 0.1) is 11.8 Å². The second-order valence-corrected chi connectivity index (χ2v) is 6.38. The van der Waals surface area contributed by atoms with Crippen LogP contribution in [0.4, 0.5) is 5.95 Å². The monoisotopic (exact) mass is 368 g/mol. The van der Waals surface area contributed by atoms with Crippen LogP contribution in [0.3, 0.4) is 0 Å². The summed E-state index contributed by atoms with van der Waals surface area (Å²) in [4.78, 5) is 18.6. The van der Waals surface area contributed by atoms with E-state index in [4.69, 9.17) is 27.9 Å². The van der Waals surface area contributed by atoms with Gasteiger partial charge in [-0.2, -0.15) is 9.66 Å². The first-order valence-corrected chi connectivity index (χ1v) is 7.74. The van der Waals surface area contributed by atoms with Crippen LogP contribution < -0.4 is 17.1 Å². The van der Waals surface area contributed by atoms with Gasteiger partial charge < -0.3 is 26.5 Å². The van der Waals surface area contributed by atoms with Gasteiger partial charge in [0.05, 0.1) is 12.4 Å². The Labute approximate surface area is 146 Å². The molecular formula is C14H17ClN6O4. The van der Waals surface area contributed by atoms with E-state index in [1.165, 1.54) is 17.8 Å². The Bertz CT molecular complexity index is 944. The normalized spacial score (nSPS) is 30.2. The van der Waals surface area contributed by atoms with E-state index in [1.807, 2.05) is 0 Å². The minimum atomic E-state index is -1.59. The number of hydrogen-bond acceptors (Lipinski definition) is 8. The Morgan fingerprint density at radius 1 is 1.56 bits per heavy atom. The lowest BCUT2D eigenvalue weighted by atomic mass is 9.97. The summed E-state index contributed by atoms with van der Waals surface area (Å²) < 4.78 is 7.75. The Morgan fingerprint density at radius 3 is 2.84 bits per heavy atom. The maximum absolute atomic E-state index is 12.2. The molecule has 1 aliphatic rings. The third kappa shape index (κ3) is 2.44. The predicted octanol–water partition coefficient (Wildman–Crippen LogP) is -1.47. The number of ether oxygens (including phenoxy) is 1. The fourth-order valence-corrected chi connectivity index (χ4v) is 3.22. The molecule has 0 amide bonds. The van der Waals surface area contributed by atoms with E-state index < -0.39 is 35.0 Å². The first kappa shape index (κ1) is 17.5. The first-order chi connectivity index (χ1) is 11.7. The van der Waals surface area contributed by atoms with Gasteiger partial charge in [-0.25, -0.2) is 4.98 Å². The van der Waals surface area contributed by atoms with Crippen molar-refractivity contribution in [3.8, 4) is 11.8 Å². The standard InChI is InChI=1S/C14H17ClN6O4/c1-3-4-14(15)9(23)8(6(2)22)25-12(14)20-5-18-7-10(20)19-13(16)21(17)11(7)24/h5-6,8-9,12,22-23H,17H2,1-2H3,(H2,16,19)/t6-,8-,9?,12-,14-/m1/s1. The molecule has 1 saturated heterocycles. The average Bonchev–Trinajstić information content (AvgIpc) is 3.06. The van der Waals surface area contributed by atoms with E-state index in [1.54, 1.807) is 6.92 Å². The number of alkyl halides is 1. The van der Waals surface area contributed by atoms with Crippen LogP contribution in [0.2, 0.25) is 0 Å². The zero-order valence-corrected chi connectivity index (χ0v) is 14.2. The molecule has 1 fully saturated rings. The van der Waals surface area contributed by atoms with Gasteiger partial charge in [0.15, 0.2) is 22.3 Å². The number of aliphatic hydroxyl groups excluding tert-OH is 2. The van der Waals surface area contributed by atoms with Crippen LogP contribution in [0.5, 0.6) is 0 Å². The molecule has 6 N–H and O–H groups in total. The van der Waals surface area contributed by atoms with Gasteiger partial charge >= 0.3 is 5.56 Å². The Kier molecular flexibility index (Phi) is 4.12. The summed E-state index contributed by atoms with van der Waals surface area (Å²) in [6.07, 6.45) is -3.09. The number of rotatable bonds is 2. The molecule has 0 saturated carbocycles. The summed E-state index contributed by atoms with van der Waals surface area (Å²) >= 11 is 6.55. The first-order valence-electron chi connectivity index (χ1n) is 7.37. The summed E-state index contributed by atoms with van der Waals surface area (Å²) in [5.74, 6) is 10.6. The third-order valence-corrected chi connectivity index (χ3v) is 4.59. The molecule has 0 aliphatic carbocycles. The van der Waals surface area contributed by atoms with Gasteiger partial charge in [0.1, 0.15) is 12.2 Å². The summed E-state index contributed by atoms with van der Waals surface area (Å²) in [5.41, 5.74) is 5.03. The number of nitrogens with zero attached hydrogens (tertiary/aromatic N) is 4. The third-order valence-electron chi connectivity index (χ3n) is 4.09. The lowest BCUT2D eigenvalue weighted by Gasteiger charge is -2.25. The lowest BCUT2D eigenvalue weighted by molar-refractivity contribution is -0.0752. The molecule has 0 aromatic carbocycles. The summed E-state index contributed by atoms with van der Waals surface area (Å²) in [5, 5.41) is 20.4. The summed E-state index contributed by atoms with van der Waals surface area (Å²) in [7, 11) is 0. The van der Waals surface area contributed by atoms with Crippen molar-refractivity contribution in [1.29, 1.82) is 0 Å². The van der Waals surface area contributed by atoms with Crippen LogP contribution in [0.1, 0.15) is 20.1 Å². The van der Waals surface area contributed by atoms with Gasteiger partial charge in [0.25, 0.3) is 0 Å². The zero-order chi connectivity index (χ0) is 18.5. The predicted molar refractivity (Wildman–Crippen MR) is 90.0 cm³/mol. The van der Waals surface area contributed by atoms with Crippen LogP contribution in [-0.4, -0.2) is 52.6 Å². The second kappa shape index (κ2) is 5.89. The quantitative estimate of drug-likeness (QED) is 0.284. The van der Waals surface area contributed by atoms with Crippen molar-refractivity contribution in [1.82, 2.24) is 19.2 Å². The van der Waals surface area contributed by atoms with E-state index >= 15 is 0 Å². The lowest BCUT2D eigenvalue weighted by Crippen LogP contribution is -2.43. The number of nitrogens with two attached hydrogens (primary N) is 2. The number of nitrogen functional groups attached to an aromatic ring is 2. The maximum atomic E-state index is 12.2. The smallest absolute Gasteiger partial charge is 0.301 e. The van der Waals surface area contributed by atoms with Gasteiger partial charge in [0, 0.05) is 0 Å². The van der Waals surface area contributed by atoms with E-state index in [-0.39, 0.29) is 17.1 Å². The number of hydrogen-bond donors (Lipinski definition) is 4. The topological polar surface area (TPSA) is 154 Å². The number of imidazole rings is 1. The van der Waals surface area contributed by atoms with Gasteiger partial charge in [-0.3, -0.25) is 9.36 Å². The number of aromatic nitrogens is 4. The molecule has 1 unspecified atom stereocenters. The largest absolute Gasteiger partial charge is 0.391 e. The zero-order valence-electron chi connectivity index (χ0n) is 13.4. The molecule has 11 heteroatoms. The highest BCUT2D eigenvalue weighted by Gasteiger charge is 2.57. The molecule has 2 aromatic rings. The molecule has 25 heavy (non-hydrogen) atoms. The van der Waals surface area contributed by atoms with Crippen molar-refractivity contribution in [2.45, 2.75) is 43.3 Å². The van der Waals surface area contributed by atoms with Crippen molar-refractivity contribution in [3.63, 3.8) is 0 Å². The SMILES string of the molecule is CC#C[C@@]1(Cl)C(O)[C@@H]([C@@H](C)O)O[C@H]1n1cnc2c(=O)n(N)c(N)nc21. The Balaban J connectivity index is 2.22. The summed E-state index contributed by atoms with van der Waals surface area (Å²) in [6, 6.07) is 0. The Morgan fingerprint density at radius 2 is 2.24 bits per heavy atom. The van der Waals surface area contributed by atoms with Gasteiger partial charge in [-0.1, -0.05) is 17.5 Å². The highest BCUT2D eigenvalue weighted by Crippen LogP contribution is 2.44. The van der Waals surface area contributed by atoms with Gasteiger partial charge in [-0.15, -0.1) is 5.92 Å². The molecular weight excluding hydrogens is 352 g/mol. The molecule has 0 spiro atoms. The Hall–Kier alpha value is -2.32.